The summed E-state index contributed by atoms with van der Waals surface area (Å²) < 4.78 is 21.2. The number of ether oxygens (including phenoxy) is 1. The summed E-state index contributed by atoms with van der Waals surface area (Å²) in [6.45, 7) is 7.64. The molecular formula is C25H30FN3O2. The fourth-order valence-electron chi connectivity index (χ4n) is 4.46. The first-order valence-corrected chi connectivity index (χ1v) is 10.8. The topological polar surface area (TPSA) is 59.3 Å². The van der Waals surface area contributed by atoms with E-state index in [0.29, 0.717) is 13.2 Å². The fourth-order valence-corrected chi connectivity index (χ4v) is 4.46. The second kappa shape index (κ2) is 8.81. The van der Waals surface area contributed by atoms with Gasteiger partial charge in [0.2, 0.25) is 0 Å². The monoisotopic (exact) mass is 423 g/mol. The molecule has 0 amide bonds. The zero-order chi connectivity index (χ0) is 22.0. The van der Waals surface area contributed by atoms with Crippen molar-refractivity contribution in [1.82, 2.24) is 15.1 Å². The van der Waals surface area contributed by atoms with Gasteiger partial charge in [-0.15, -0.1) is 0 Å². The first-order chi connectivity index (χ1) is 14.9. The van der Waals surface area contributed by atoms with Gasteiger partial charge in [-0.1, -0.05) is 26.0 Å². The van der Waals surface area contributed by atoms with Crippen molar-refractivity contribution in [3.05, 3.63) is 76.9 Å². The molecule has 2 aromatic carbocycles. The summed E-state index contributed by atoms with van der Waals surface area (Å²) in [6.07, 6.45) is 3.78. The van der Waals surface area contributed by atoms with Crippen LogP contribution in [0.3, 0.4) is 0 Å². The van der Waals surface area contributed by atoms with E-state index in [9.17, 15) is 9.50 Å². The molecule has 1 aromatic heterocycles. The third-order valence-electron chi connectivity index (χ3n) is 5.88. The van der Waals surface area contributed by atoms with Crippen LogP contribution in [0.1, 0.15) is 55.6 Å². The summed E-state index contributed by atoms with van der Waals surface area (Å²) in [5, 5.41) is 18.0. The standard InChI is InChI=1S/C25H30FN3O2/c1-4-31-24-9-8-17(10-18(24)16-30)14-27-22-12-25(2,3)13-23-21(22)15-28-29(23)20-7-5-6-19(26)11-20/h5-11,15,22,27,30H,4,12-14,16H2,1-3H3/t22-/m1/s1. The van der Waals surface area contributed by atoms with Crippen molar-refractivity contribution in [1.29, 1.82) is 0 Å². The number of hydrogen-bond donors (Lipinski definition) is 2. The van der Waals surface area contributed by atoms with Crippen LogP contribution in [0.4, 0.5) is 4.39 Å². The van der Waals surface area contributed by atoms with Crippen LogP contribution in [0.2, 0.25) is 0 Å². The molecule has 0 saturated heterocycles. The Balaban J connectivity index is 1.58. The van der Waals surface area contributed by atoms with Crippen LogP contribution in [0, 0.1) is 11.2 Å². The third-order valence-corrected chi connectivity index (χ3v) is 5.88. The Morgan fingerprint density at radius 3 is 2.84 bits per heavy atom. The molecule has 0 unspecified atom stereocenters. The summed E-state index contributed by atoms with van der Waals surface area (Å²) in [5.41, 5.74) is 5.01. The first-order valence-electron chi connectivity index (χ1n) is 10.8. The quantitative estimate of drug-likeness (QED) is 0.578. The molecule has 0 fully saturated rings. The molecule has 0 saturated carbocycles. The van der Waals surface area contributed by atoms with Crippen molar-refractivity contribution >= 4 is 0 Å². The van der Waals surface area contributed by atoms with E-state index >= 15 is 0 Å². The molecule has 6 heteroatoms. The molecule has 0 bridgehead atoms. The number of rotatable bonds is 7. The van der Waals surface area contributed by atoms with E-state index in [1.807, 2.05) is 42.1 Å². The minimum absolute atomic E-state index is 0.0514. The Morgan fingerprint density at radius 2 is 2.10 bits per heavy atom. The first kappa shape index (κ1) is 21.5. The lowest BCUT2D eigenvalue weighted by Crippen LogP contribution is -2.33. The number of hydrogen-bond acceptors (Lipinski definition) is 4. The van der Waals surface area contributed by atoms with E-state index in [-0.39, 0.29) is 23.9 Å². The molecule has 1 aliphatic rings. The van der Waals surface area contributed by atoms with Gasteiger partial charge in [0.25, 0.3) is 0 Å². The summed E-state index contributed by atoms with van der Waals surface area (Å²) in [7, 11) is 0. The number of aliphatic hydroxyl groups is 1. The minimum atomic E-state index is -0.262. The molecule has 1 aliphatic carbocycles. The predicted octanol–water partition coefficient (Wildman–Crippen LogP) is 4.71. The number of aliphatic hydroxyl groups excluding tert-OH is 1. The Kier molecular flexibility index (Phi) is 6.12. The van der Waals surface area contributed by atoms with Crippen LogP contribution < -0.4 is 10.1 Å². The number of nitrogens with zero attached hydrogens (tertiary/aromatic N) is 2. The van der Waals surface area contributed by atoms with Gasteiger partial charge in [-0.2, -0.15) is 5.10 Å². The SMILES string of the molecule is CCOc1ccc(CN[C@@H]2CC(C)(C)Cc3c2cnn3-c2cccc(F)c2)cc1CO. The van der Waals surface area contributed by atoms with Gasteiger partial charge in [-0.3, -0.25) is 0 Å². The molecule has 2 N–H and O–H groups in total. The van der Waals surface area contributed by atoms with Gasteiger partial charge >= 0.3 is 0 Å². The molecule has 1 heterocycles. The smallest absolute Gasteiger partial charge is 0.125 e. The molecule has 0 radical (unpaired) electrons. The average molecular weight is 424 g/mol. The minimum Gasteiger partial charge on any atom is -0.494 e. The second-order valence-corrected chi connectivity index (χ2v) is 8.95. The Bertz CT molecular complexity index is 1060. The molecule has 0 aliphatic heterocycles. The molecule has 5 nitrogen and oxygen atoms in total. The largest absolute Gasteiger partial charge is 0.494 e. The van der Waals surface area contributed by atoms with Crippen molar-refractivity contribution in [2.75, 3.05) is 6.61 Å². The maximum absolute atomic E-state index is 13.8. The molecule has 31 heavy (non-hydrogen) atoms. The van der Waals surface area contributed by atoms with Crippen molar-refractivity contribution in [3.63, 3.8) is 0 Å². The predicted molar refractivity (Wildman–Crippen MR) is 119 cm³/mol. The lowest BCUT2D eigenvalue weighted by atomic mass is 9.74. The maximum atomic E-state index is 13.8. The molecular weight excluding hydrogens is 393 g/mol. The van der Waals surface area contributed by atoms with E-state index < -0.39 is 0 Å². The fraction of sp³-hybridized carbons (Fsp3) is 0.400. The molecule has 164 valence electrons. The van der Waals surface area contributed by atoms with Crippen molar-refractivity contribution < 1.29 is 14.2 Å². The van der Waals surface area contributed by atoms with Gasteiger partial charge in [0.05, 0.1) is 25.1 Å². The Morgan fingerprint density at radius 1 is 1.26 bits per heavy atom. The van der Waals surface area contributed by atoms with Crippen molar-refractivity contribution in [3.8, 4) is 11.4 Å². The third kappa shape index (κ3) is 4.65. The van der Waals surface area contributed by atoms with Crippen LogP contribution in [0.25, 0.3) is 5.69 Å². The van der Waals surface area contributed by atoms with Gasteiger partial charge in [0, 0.05) is 29.4 Å². The Hall–Kier alpha value is -2.70. The van der Waals surface area contributed by atoms with Gasteiger partial charge in [0.1, 0.15) is 11.6 Å². The highest BCUT2D eigenvalue weighted by atomic mass is 19.1. The van der Waals surface area contributed by atoms with Crippen LogP contribution in [0.5, 0.6) is 5.75 Å². The van der Waals surface area contributed by atoms with Gasteiger partial charge in [0.15, 0.2) is 0 Å². The summed E-state index contributed by atoms with van der Waals surface area (Å²) in [5.74, 6) is 0.466. The van der Waals surface area contributed by atoms with Gasteiger partial charge in [-0.05, 0) is 61.1 Å². The van der Waals surface area contributed by atoms with Crippen LogP contribution in [-0.2, 0) is 19.6 Å². The zero-order valence-electron chi connectivity index (χ0n) is 18.4. The van der Waals surface area contributed by atoms with Crippen LogP contribution in [-0.4, -0.2) is 21.5 Å². The van der Waals surface area contributed by atoms with Crippen molar-refractivity contribution in [2.24, 2.45) is 5.41 Å². The maximum Gasteiger partial charge on any atom is 0.125 e. The number of benzene rings is 2. The summed E-state index contributed by atoms with van der Waals surface area (Å²) >= 11 is 0. The molecule has 4 rings (SSSR count). The van der Waals surface area contributed by atoms with Gasteiger partial charge in [-0.25, -0.2) is 9.07 Å². The van der Waals surface area contributed by atoms with E-state index in [1.54, 1.807) is 6.07 Å². The average Bonchev–Trinajstić information content (AvgIpc) is 3.15. The highest BCUT2D eigenvalue weighted by Crippen LogP contribution is 2.41. The second-order valence-electron chi connectivity index (χ2n) is 8.95. The number of aromatic nitrogens is 2. The zero-order valence-corrected chi connectivity index (χ0v) is 18.4. The summed E-state index contributed by atoms with van der Waals surface area (Å²) in [4.78, 5) is 0. The lowest BCUT2D eigenvalue weighted by molar-refractivity contribution is 0.252. The van der Waals surface area contributed by atoms with Gasteiger partial charge < -0.3 is 15.2 Å². The van der Waals surface area contributed by atoms with E-state index in [1.165, 1.54) is 12.1 Å². The molecule has 1 atom stereocenters. The van der Waals surface area contributed by atoms with Crippen molar-refractivity contribution in [2.45, 2.75) is 52.8 Å². The van der Waals surface area contributed by atoms with Crippen LogP contribution in [0.15, 0.2) is 48.7 Å². The number of halogens is 1. The lowest BCUT2D eigenvalue weighted by Gasteiger charge is -2.36. The van der Waals surface area contributed by atoms with E-state index in [0.717, 1.165) is 46.7 Å². The summed E-state index contributed by atoms with van der Waals surface area (Å²) in [6, 6.07) is 12.7. The highest BCUT2D eigenvalue weighted by Gasteiger charge is 2.35. The number of fused-ring (bicyclic) bond motifs is 1. The number of nitrogens with one attached hydrogen (secondary N) is 1. The Labute approximate surface area is 182 Å². The molecule has 3 aromatic rings. The van der Waals surface area contributed by atoms with E-state index in [4.69, 9.17) is 4.74 Å². The van der Waals surface area contributed by atoms with E-state index in [2.05, 4.69) is 24.3 Å². The van der Waals surface area contributed by atoms with Crippen LogP contribution >= 0.6 is 0 Å². The highest BCUT2D eigenvalue weighted by molar-refractivity contribution is 5.39. The molecule has 0 spiro atoms. The normalized spacial score (nSPS) is 17.4.